The molecule has 0 amide bonds. The predicted molar refractivity (Wildman–Crippen MR) is 94.9 cm³/mol. The second kappa shape index (κ2) is 7.52. The van der Waals surface area contributed by atoms with Crippen molar-refractivity contribution in [1.82, 2.24) is 10.3 Å². The summed E-state index contributed by atoms with van der Waals surface area (Å²) >= 11 is 5.17. The van der Waals surface area contributed by atoms with E-state index in [1.807, 2.05) is 5.51 Å². The zero-order valence-corrected chi connectivity index (χ0v) is 15.3. The highest BCUT2D eigenvalue weighted by Crippen LogP contribution is 2.18. The van der Waals surface area contributed by atoms with Crippen LogP contribution in [0.4, 0.5) is 0 Å². The van der Waals surface area contributed by atoms with Gasteiger partial charge in [-0.05, 0) is 63.8 Å². The number of hydrogen-bond donors (Lipinski definition) is 1. The number of hydrogen-bond acceptors (Lipinski definition) is 3. The van der Waals surface area contributed by atoms with Crippen molar-refractivity contribution in [2.75, 3.05) is 6.54 Å². The van der Waals surface area contributed by atoms with Crippen molar-refractivity contribution in [2.24, 2.45) is 5.92 Å². The largest absolute Gasteiger partial charge is 0.312 e. The summed E-state index contributed by atoms with van der Waals surface area (Å²) < 4.78 is 1.13. The van der Waals surface area contributed by atoms with Crippen LogP contribution < -0.4 is 5.32 Å². The number of nitrogens with one attached hydrogen (secondary N) is 1. The number of thiazole rings is 1. The highest BCUT2D eigenvalue weighted by atomic mass is 79.9. The van der Waals surface area contributed by atoms with Crippen molar-refractivity contribution in [2.45, 2.75) is 39.2 Å². The van der Waals surface area contributed by atoms with Gasteiger partial charge in [-0.15, -0.1) is 11.3 Å². The molecule has 21 heavy (non-hydrogen) atoms. The van der Waals surface area contributed by atoms with Crippen LogP contribution in [0.5, 0.6) is 0 Å². The van der Waals surface area contributed by atoms with Crippen LogP contribution in [0.2, 0.25) is 0 Å². The van der Waals surface area contributed by atoms with E-state index < -0.39 is 0 Å². The lowest BCUT2D eigenvalue weighted by Crippen LogP contribution is -2.40. The van der Waals surface area contributed by atoms with Crippen LogP contribution >= 0.6 is 27.3 Å². The zero-order chi connectivity index (χ0) is 15.3. The fourth-order valence-corrected chi connectivity index (χ4v) is 3.09. The van der Waals surface area contributed by atoms with Crippen molar-refractivity contribution >= 4 is 27.3 Å². The van der Waals surface area contributed by atoms with E-state index in [0.29, 0.717) is 5.92 Å². The maximum Gasteiger partial charge on any atom is 0.0794 e. The smallest absolute Gasteiger partial charge is 0.0794 e. The third-order valence-electron chi connectivity index (χ3n) is 3.34. The average molecular weight is 367 g/mol. The summed E-state index contributed by atoms with van der Waals surface area (Å²) in [4.78, 5) is 4.44. The minimum Gasteiger partial charge on any atom is -0.312 e. The molecule has 1 aromatic carbocycles. The second-order valence-electron chi connectivity index (χ2n) is 6.51. The van der Waals surface area contributed by atoms with Gasteiger partial charge in [-0.1, -0.05) is 28.1 Å². The Morgan fingerprint density at radius 2 is 1.90 bits per heavy atom. The van der Waals surface area contributed by atoms with E-state index in [9.17, 15) is 0 Å². The lowest BCUT2D eigenvalue weighted by Gasteiger charge is -2.25. The Morgan fingerprint density at radius 1 is 1.19 bits per heavy atom. The summed E-state index contributed by atoms with van der Waals surface area (Å²) in [5, 5.41) is 5.79. The van der Waals surface area contributed by atoms with Crippen LogP contribution in [0.1, 0.15) is 32.0 Å². The minimum absolute atomic E-state index is 0.153. The Labute approximate surface area is 140 Å². The lowest BCUT2D eigenvalue weighted by atomic mass is 9.94. The van der Waals surface area contributed by atoms with Crippen LogP contribution in [0, 0.1) is 5.92 Å². The molecule has 1 aromatic heterocycles. The molecule has 0 aliphatic carbocycles. The molecule has 2 rings (SSSR count). The number of benzene rings is 1. The van der Waals surface area contributed by atoms with E-state index in [1.54, 1.807) is 11.3 Å². The van der Waals surface area contributed by atoms with E-state index in [4.69, 9.17) is 0 Å². The van der Waals surface area contributed by atoms with Gasteiger partial charge in [0.25, 0.3) is 0 Å². The Kier molecular flexibility index (Phi) is 5.97. The third-order valence-corrected chi connectivity index (χ3v) is 4.50. The first-order valence-corrected chi connectivity index (χ1v) is 9.02. The van der Waals surface area contributed by atoms with Crippen LogP contribution in [0.15, 0.2) is 39.6 Å². The number of rotatable bonds is 6. The first-order valence-electron chi connectivity index (χ1n) is 7.29. The molecule has 2 aromatic rings. The first-order chi connectivity index (χ1) is 9.92. The molecule has 0 aliphatic heterocycles. The summed E-state index contributed by atoms with van der Waals surface area (Å²) in [5.74, 6) is 0.563. The van der Waals surface area contributed by atoms with Crippen molar-refractivity contribution in [3.63, 3.8) is 0 Å². The molecule has 0 saturated carbocycles. The third kappa shape index (κ3) is 6.29. The Balaban J connectivity index is 2.01. The standard InChI is InChI=1S/C17H23BrN2S/c1-17(2,3)20-10-14(9-16-11-21-12-19-16)8-13-4-6-15(18)7-5-13/h4-7,11-12,14,20H,8-10H2,1-3H3. The van der Waals surface area contributed by atoms with Gasteiger partial charge in [-0.3, -0.25) is 0 Å². The molecule has 0 saturated heterocycles. The predicted octanol–water partition coefficient (Wildman–Crippen LogP) is 4.70. The second-order valence-corrected chi connectivity index (χ2v) is 8.15. The van der Waals surface area contributed by atoms with Gasteiger partial charge in [-0.25, -0.2) is 4.98 Å². The van der Waals surface area contributed by atoms with Gasteiger partial charge in [0.15, 0.2) is 0 Å². The fourth-order valence-electron chi connectivity index (χ4n) is 2.25. The molecule has 0 spiro atoms. The first kappa shape index (κ1) is 16.7. The summed E-state index contributed by atoms with van der Waals surface area (Å²) in [6.45, 7) is 7.66. The molecule has 2 nitrogen and oxygen atoms in total. The number of aromatic nitrogens is 1. The quantitative estimate of drug-likeness (QED) is 0.801. The monoisotopic (exact) mass is 366 g/mol. The molecule has 1 N–H and O–H groups in total. The maximum atomic E-state index is 4.44. The van der Waals surface area contributed by atoms with Gasteiger partial charge < -0.3 is 5.32 Å². The molecule has 4 heteroatoms. The van der Waals surface area contributed by atoms with Gasteiger partial charge >= 0.3 is 0 Å². The van der Waals surface area contributed by atoms with Crippen LogP contribution in [-0.4, -0.2) is 17.1 Å². The molecule has 0 radical (unpaired) electrons. The molecule has 1 unspecified atom stereocenters. The topological polar surface area (TPSA) is 24.9 Å². The highest BCUT2D eigenvalue weighted by molar-refractivity contribution is 9.10. The summed E-state index contributed by atoms with van der Waals surface area (Å²) in [6.07, 6.45) is 2.11. The summed E-state index contributed by atoms with van der Waals surface area (Å²) in [5.41, 5.74) is 4.66. The van der Waals surface area contributed by atoms with Crippen LogP contribution in [-0.2, 0) is 12.8 Å². The van der Waals surface area contributed by atoms with Gasteiger partial charge in [0.1, 0.15) is 0 Å². The summed E-state index contributed by atoms with van der Waals surface area (Å²) in [7, 11) is 0. The van der Waals surface area contributed by atoms with E-state index in [0.717, 1.165) is 23.9 Å². The van der Waals surface area contributed by atoms with Gasteiger partial charge in [0.05, 0.1) is 11.2 Å². The van der Waals surface area contributed by atoms with Crippen molar-refractivity contribution < 1.29 is 0 Å². The van der Waals surface area contributed by atoms with Gasteiger partial charge in [-0.2, -0.15) is 0 Å². The Morgan fingerprint density at radius 3 is 2.48 bits per heavy atom. The lowest BCUT2D eigenvalue weighted by molar-refractivity contribution is 0.366. The SMILES string of the molecule is CC(C)(C)NCC(Cc1ccc(Br)cc1)Cc1cscn1. The van der Waals surface area contributed by atoms with E-state index in [1.165, 1.54) is 11.3 Å². The Bertz CT molecular complexity index is 529. The molecular weight excluding hydrogens is 344 g/mol. The van der Waals surface area contributed by atoms with E-state index >= 15 is 0 Å². The van der Waals surface area contributed by atoms with Crippen molar-refractivity contribution in [3.8, 4) is 0 Å². The molecule has 1 atom stereocenters. The molecule has 0 bridgehead atoms. The minimum atomic E-state index is 0.153. The summed E-state index contributed by atoms with van der Waals surface area (Å²) in [6, 6.07) is 8.64. The molecule has 1 heterocycles. The van der Waals surface area contributed by atoms with Gasteiger partial charge in [0.2, 0.25) is 0 Å². The molecule has 0 fully saturated rings. The average Bonchev–Trinajstić information content (AvgIpc) is 2.91. The number of halogens is 1. The Hall–Kier alpha value is -0.710. The van der Waals surface area contributed by atoms with Crippen LogP contribution in [0.3, 0.4) is 0 Å². The molecule has 0 aliphatic rings. The van der Waals surface area contributed by atoms with Crippen molar-refractivity contribution in [3.05, 3.63) is 50.9 Å². The van der Waals surface area contributed by atoms with E-state index in [-0.39, 0.29) is 5.54 Å². The number of nitrogens with zero attached hydrogens (tertiary/aromatic N) is 1. The van der Waals surface area contributed by atoms with Crippen molar-refractivity contribution in [1.29, 1.82) is 0 Å². The fraction of sp³-hybridized carbons (Fsp3) is 0.471. The zero-order valence-electron chi connectivity index (χ0n) is 12.9. The molecule has 114 valence electrons. The normalized spacial score (nSPS) is 13.3. The van der Waals surface area contributed by atoms with E-state index in [2.05, 4.69) is 76.6 Å². The maximum absolute atomic E-state index is 4.44. The molecular formula is C17H23BrN2S. The highest BCUT2D eigenvalue weighted by Gasteiger charge is 2.16. The van der Waals surface area contributed by atoms with Crippen LogP contribution in [0.25, 0.3) is 0 Å². The van der Waals surface area contributed by atoms with Gasteiger partial charge in [0, 0.05) is 15.4 Å².